The van der Waals surface area contributed by atoms with E-state index in [4.69, 9.17) is 4.74 Å². The number of carbonyl (C=O) groups excluding carboxylic acids is 2. The van der Waals surface area contributed by atoms with Gasteiger partial charge in [0.05, 0.1) is 17.6 Å². The van der Waals surface area contributed by atoms with Crippen LogP contribution in [0, 0.1) is 0 Å². The Morgan fingerprint density at radius 3 is 2.92 bits per heavy atom. The van der Waals surface area contributed by atoms with Crippen molar-refractivity contribution in [2.24, 2.45) is 0 Å². The number of nitrogens with one attached hydrogen (secondary N) is 1. The summed E-state index contributed by atoms with van der Waals surface area (Å²) in [6.45, 7) is 4.21. The lowest BCUT2D eigenvalue weighted by molar-refractivity contribution is 0.0901. The summed E-state index contributed by atoms with van der Waals surface area (Å²) >= 11 is 1.32. The van der Waals surface area contributed by atoms with Gasteiger partial charge < -0.3 is 10.1 Å². The van der Waals surface area contributed by atoms with Gasteiger partial charge in [0.2, 0.25) is 0 Å². The van der Waals surface area contributed by atoms with Crippen LogP contribution in [0.4, 0.5) is 0 Å². The van der Waals surface area contributed by atoms with Gasteiger partial charge in [-0.2, -0.15) is 0 Å². The fourth-order valence-electron chi connectivity index (χ4n) is 3.25. The van der Waals surface area contributed by atoms with Crippen LogP contribution in [0.5, 0.6) is 5.75 Å². The van der Waals surface area contributed by atoms with E-state index >= 15 is 0 Å². The predicted octanol–water partition coefficient (Wildman–Crippen LogP) is 3.35. The number of ketones is 1. The first-order chi connectivity index (χ1) is 12.5. The van der Waals surface area contributed by atoms with Gasteiger partial charge in [-0.15, -0.1) is 11.3 Å². The van der Waals surface area contributed by atoms with Gasteiger partial charge in [0.1, 0.15) is 5.75 Å². The van der Waals surface area contributed by atoms with Gasteiger partial charge >= 0.3 is 0 Å². The van der Waals surface area contributed by atoms with Crippen molar-refractivity contribution in [2.45, 2.75) is 32.4 Å². The summed E-state index contributed by atoms with van der Waals surface area (Å²) in [4.78, 5) is 26.8. The van der Waals surface area contributed by atoms with Gasteiger partial charge in [0.25, 0.3) is 5.91 Å². The van der Waals surface area contributed by atoms with E-state index in [-0.39, 0.29) is 17.7 Å². The van der Waals surface area contributed by atoms with Crippen LogP contribution in [0.2, 0.25) is 0 Å². The van der Waals surface area contributed by atoms with E-state index in [0.29, 0.717) is 10.4 Å². The first-order valence-electron chi connectivity index (χ1n) is 8.81. The number of rotatable bonds is 6. The number of methoxy groups -OCH3 is 1. The van der Waals surface area contributed by atoms with E-state index in [9.17, 15) is 9.59 Å². The zero-order valence-electron chi connectivity index (χ0n) is 15.2. The second-order valence-corrected chi connectivity index (χ2v) is 7.57. The fourth-order valence-corrected chi connectivity index (χ4v) is 4.04. The number of thiophene rings is 1. The molecule has 2 heterocycles. The Morgan fingerprint density at radius 1 is 1.35 bits per heavy atom. The molecule has 1 atom stereocenters. The topological polar surface area (TPSA) is 58.6 Å². The molecule has 0 aliphatic carbocycles. The number of likely N-dealkylation sites (tertiary alicyclic amines) is 1. The highest BCUT2D eigenvalue weighted by molar-refractivity contribution is 7.12. The second-order valence-electron chi connectivity index (χ2n) is 6.66. The molecule has 2 aromatic rings. The van der Waals surface area contributed by atoms with Gasteiger partial charge in [-0.1, -0.05) is 12.1 Å². The molecule has 0 radical (unpaired) electrons. The second kappa shape index (κ2) is 8.47. The maximum Gasteiger partial charge on any atom is 0.252 e. The van der Waals surface area contributed by atoms with Crippen LogP contribution in [0.15, 0.2) is 35.7 Å². The minimum Gasteiger partial charge on any atom is -0.497 e. The van der Waals surface area contributed by atoms with Gasteiger partial charge in [0, 0.05) is 24.5 Å². The molecule has 6 heteroatoms. The molecular formula is C20H24N2O3S. The van der Waals surface area contributed by atoms with Crippen molar-refractivity contribution in [1.29, 1.82) is 0 Å². The molecule has 1 amide bonds. The molecule has 138 valence electrons. The summed E-state index contributed by atoms with van der Waals surface area (Å²) < 4.78 is 5.29. The van der Waals surface area contributed by atoms with Crippen LogP contribution in [-0.4, -0.2) is 42.8 Å². The highest BCUT2D eigenvalue weighted by atomic mass is 32.1. The zero-order valence-corrected chi connectivity index (χ0v) is 16.0. The maximum absolute atomic E-state index is 12.4. The van der Waals surface area contributed by atoms with Gasteiger partial charge in [-0.25, -0.2) is 0 Å². The third kappa shape index (κ3) is 4.71. The van der Waals surface area contributed by atoms with Crippen LogP contribution in [0.25, 0.3) is 0 Å². The lowest BCUT2D eigenvalue weighted by Gasteiger charge is -2.33. The Hall–Kier alpha value is -2.18. The SMILES string of the molecule is COc1cccc(CN2CCCC(NC(=O)c3csc(C(C)=O)c3)C2)c1. The van der Waals surface area contributed by atoms with Gasteiger partial charge in [-0.05, 0) is 50.1 Å². The molecule has 1 unspecified atom stereocenters. The molecule has 5 nitrogen and oxygen atoms in total. The number of ether oxygens (including phenoxy) is 1. The summed E-state index contributed by atoms with van der Waals surface area (Å²) in [6.07, 6.45) is 2.03. The van der Waals surface area contributed by atoms with Gasteiger partial charge in [-0.3, -0.25) is 14.5 Å². The van der Waals surface area contributed by atoms with E-state index in [1.165, 1.54) is 23.8 Å². The predicted molar refractivity (Wildman–Crippen MR) is 103 cm³/mol. The van der Waals surface area contributed by atoms with E-state index < -0.39 is 0 Å². The summed E-state index contributed by atoms with van der Waals surface area (Å²) in [5.41, 5.74) is 1.78. The minimum atomic E-state index is -0.0954. The molecule has 1 aromatic heterocycles. The number of benzene rings is 1. The molecule has 1 aliphatic rings. The van der Waals surface area contributed by atoms with Gasteiger partial charge in [0.15, 0.2) is 5.78 Å². The van der Waals surface area contributed by atoms with E-state index in [0.717, 1.165) is 38.2 Å². The smallest absolute Gasteiger partial charge is 0.252 e. The van der Waals surface area contributed by atoms with Crippen LogP contribution < -0.4 is 10.1 Å². The molecule has 26 heavy (non-hydrogen) atoms. The summed E-state index contributed by atoms with van der Waals surface area (Å²) in [7, 11) is 1.67. The third-order valence-corrected chi connectivity index (χ3v) is 5.62. The molecular weight excluding hydrogens is 348 g/mol. The normalized spacial score (nSPS) is 17.7. The first-order valence-corrected chi connectivity index (χ1v) is 9.68. The molecule has 1 aliphatic heterocycles. The number of Topliss-reactive ketones (excluding diaryl/α,β-unsaturated/α-hetero) is 1. The van der Waals surface area contributed by atoms with Crippen molar-refractivity contribution in [3.8, 4) is 5.75 Å². The van der Waals surface area contributed by atoms with Crippen LogP contribution >= 0.6 is 11.3 Å². The molecule has 1 saturated heterocycles. The van der Waals surface area contributed by atoms with Crippen molar-refractivity contribution in [1.82, 2.24) is 10.2 Å². The lowest BCUT2D eigenvalue weighted by Crippen LogP contribution is -2.47. The minimum absolute atomic E-state index is 0.00354. The largest absolute Gasteiger partial charge is 0.497 e. The Labute approximate surface area is 158 Å². The van der Waals surface area contributed by atoms with Crippen LogP contribution in [0.1, 0.15) is 45.4 Å². The van der Waals surface area contributed by atoms with Crippen LogP contribution in [0.3, 0.4) is 0 Å². The Bertz CT molecular complexity index is 787. The summed E-state index contributed by atoms with van der Waals surface area (Å²) in [5.74, 6) is 0.765. The number of nitrogens with zero attached hydrogens (tertiary/aromatic N) is 1. The monoisotopic (exact) mass is 372 g/mol. The summed E-state index contributed by atoms with van der Waals surface area (Å²) in [6, 6.07) is 9.90. The number of piperidine rings is 1. The van der Waals surface area contributed by atoms with Crippen LogP contribution in [-0.2, 0) is 6.54 Å². The third-order valence-electron chi connectivity index (χ3n) is 4.59. The van der Waals surface area contributed by atoms with Crippen molar-refractivity contribution in [3.05, 3.63) is 51.7 Å². The quantitative estimate of drug-likeness (QED) is 0.790. The Morgan fingerprint density at radius 2 is 2.19 bits per heavy atom. The molecule has 0 saturated carbocycles. The number of carbonyl (C=O) groups is 2. The van der Waals surface area contributed by atoms with E-state index in [2.05, 4.69) is 22.3 Å². The Balaban J connectivity index is 1.57. The van der Waals surface area contributed by atoms with Crippen molar-refractivity contribution < 1.29 is 14.3 Å². The Kier molecular flexibility index (Phi) is 6.06. The maximum atomic E-state index is 12.4. The standard InChI is InChI=1S/C20H24N2O3S/c1-14(23)19-10-16(13-26-19)20(24)21-17-6-4-8-22(12-17)11-15-5-3-7-18(9-15)25-2/h3,5,7,9-10,13,17H,4,6,8,11-12H2,1-2H3,(H,21,24). The van der Waals surface area contributed by atoms with E-state index in [1.807, 2.05) is 12.1 Å². The first kappa shape index (κ1) is 18.6. The molecule has 0 spiro atoms. The zero-order chi connectivity index (χ0) is 18.5. The van der Waals surface area contributed by atoms with Crippen molar-refractivity contribution in [3.63, 3.8) is 0 Å². The average molecular weight is 372 g/mol. The van der Waals surface area contributed by atoms with Crippen molar-refractivity contribution >= 4 is 23.0 Å². The van der Waals surface area contributed by atoms with E-state index in [1.54, 1.807) is 18.6 Å². The highest BCUT2D eigenvalue weighted by Gasteiger charge is 2.22. The highest BCUT2D eigenvalue weighted by Crippen LogP contribution is 2.19. The molecule has 3 rings (SSSR count). The average Bonchev–Trinajstić information content (AvgIpc) is 3.13. The number of hydrogen-bond donors (Lipinski definition) is 1. The fraction of sp³-hybridized carbons (Fsp3) is 0.400. The summed E-state index contributed by atoms with van der Waals surface area (Å²) in [5, 5.41) is 4.87. The van der Waals surface area contributed by atoms with Crippen molar-refractivity contribution in [2.75, 3.05) is 20.2 Å². The molecule has 1 fully saturated rings. The lowest BCUT2D eigenvalue weighted by atomic mass is 10.0. The number of amides is 1. The number of hydrogen-bond acceptors (Lipinski definition) is 5. The molecule has 1 N–H and O–H groups in total. The molecule has 0 bridgehead atoms. The molecule has 1 aromatic carbocycles.